The van der Waals surface area contributed by atoms with E-state index in [2.05, 4.69) is 0 Å². The Morgan fingerprint density at radius 2 is 1.35 bits per heavy atom. The SMILES string of the molecule is COc1ccc(C(=[OH+])[CH-]C(=[OH+])c2ccccc2)cc1.[Nb+5]. The minimum atomic E-state index is 0. The summed E-state index contributed by atoms with van der Waals surface area (Å²) < 4.78 is 5.04. The van der Waals surface area contributed by atoms with E-state index in [1.807, 2.05) is 18.2 Å². The van der Waals surface area contributed by atoms with Crippen LogP contribution in [0.25, 0.3) is 0 Å². The Kier molecular flexibility index (Phi) is 6.25. The first-order valence-electron chi connectivity index (χ1n) is 5.87. The minimum Gasteiger partial charge on any atom is -0.497 e. The molecule has 2 aromatic carbocycles. The van der Waals surface area contributed by atoms with Crippen LogP contribution in [-0.2, 0) is 22.4 Å². The van der Waals surface area contributed by atoms with Gasteiger partial charge in [0.1, 0.15) is 5.75 Å². The molecular weight excluding hydrogens is 333 g/mol. The predicted molar refractivity (Wildman–Crippen MR) is 75.8 cm³/mol. The van der Waals surface area contributed by atoms with Gasteiger partial charge in [-0.3, -0.25) is 0 Å². The molecule has 2 aromatic rings. The van der Waals surface area contributed by atoms with Crippen molar-refractivity contribution in [2.45, 2.75) is 0 Å². The van der Waals surface area contributed by atoms with Gasteiger partial charge in [0.2, 0.25) is 0 Å². The number of hydrogen-bond donors (Lipinski definition) is 0. The van der Waals surface area contributed by atoms with Gasteiger partial charge in [0, 0.05) is 6.42 Å². The molecule has 0 saturated heterocycles. The first kappa shape index (κ1) is 16.2. The van der Waals surface area contributed by atoms with E-state index in [4.69, 9.17) is 4.74 Å². The van der Waals surface area contributed by atoms with Gasteiger partial charge in [0.05, 0.1) is 7.11 Å². The fourth-order valence-electron chi connectivity index (χ4n) is 1.67. The quantitative estimate of drug-likeness (QED) is 0.269. The van der Waals surface area contributed by atoms with Gasteiger partial charge in [-0.05, 0) is 23.3 Å². The Balaban J connectivity index is 0.00000200. The zero-order valence-corrected chi connectivity index (χ0v) is 13.2. The van der Waals surface area contributed by atoms with E-state index in [9.17, 15) is 9.59 Å². The molecule has 3 nitrogen and oxygen atoms in total. The zero-order chi connectivity index (χ0) is 13.7. The Hall–Kier alpha value is -1.81. The van der Waals surface area contributed by atoms with Gasteiger partial charge in [-0.15, -0.1) is 12.1 Å². The van der Waals surface area contributed by atoms with Crippen LogP contribution in [0.1, 0.15) is 11.1 Å². The number of ether oxygens (including phenoxy) is 1. The van der Waals surface area contributed by atoms with Gasteiger partial charge in [-0.25, -0.2) is 0 Å². The number of methoxy groups -OCH3 is 1. The van der Waals surface area contributed by atoms with Gasteiger partial charge in [-0.1, -0.05) is 30.3 Å². The van der Waals surface area contributed by atoms with Gasteiger partial charge in [0.15, 0.2) is 0 Å². The normalized spacial score (nSPS) is 9.25. The summed E-state index contributed by atoms with van der Waals surface area (Å²) in [4.78, 5) is 19.9. The molecule has 0 atom stereocenters. The van der Waals surface area contributed by atoms with Crippen LogP contribution in [0, 0.1) is 6.42 Å². The maximum Gasteiger partial charge on any atom is 5.00 e. The van der Waals surface area contributed by atoms with Crippen molar-refractivity contribution in [1.29, 1.82) is 0 Å². The maximum atomic E-state index is 9.96. The largest absolute Gasteiger partial charge is 5.00 e. The molecule has 0 aliphatic carbocycles. The molecule has 20 heavy (non-hydrogen) atoms. The van der Waals surface area contributed by atoms with E-state index in [0.29, 0.717) is 16.9 Å². The maximum absolute atomic E-state index is 9.96. The molecular formula is C16H15NbO3+6. The molecule has 0 bridgehead atoms. The van der Waals surface area contributed by atoms with Crippen molar-refractivity contribution in [1.82, 2.24) is 0 Å². The molecule has 0 fully saturated rings. The number of ketones is 2. The van der Waals surface area contributed by atoms with Crippen molar-refractivity contribution in [2.24, 2.45) is 0 Å². The molecule has 2 N–H and O–H groups in total. The summed E-state index contributed by atoms with van der Waals surface area (Å²) in [5, 5.41) is 0. The van der Waals surface area contributed by atoms with Gasteiger partial charge in [-0.2, -0.15) is 0 Å². The molecule has 0 radical (unpaired) electrons. The van der Waals surface area contributed by atoms with Crippen LogP contribution in [0.2, 0.25) is 0 Å². The van der Waals surface area contributed by atoms with E-state index >= 15 is 0 Å². The molecule has 0 unspecified atom stereocenters. The predicted octanol–water partition coefficient (Wildman–Crippen LogP) is 2.38. The van der Waals surface area contributed by atoms with Crippen LogP contribution in [0.5, 0.6) is 5.75 Å². The third kappa shape index (κ3) is 4.10. The molecule has 4 heteroatoms. The minimum absolute atomic E-state index is 0. The standard InChI is InChI=1S/C16H13O3.Nb/c1-19-14-9-7-13(8-10-14)16(18)11-15(17)12-5-3-2-4-6-12;/h2-11H,1H3;/q-1;+5/p+2. The van der Waals surface area contributed by atoms with Crippen molar-refractivity contribution in [3.8, 4) is 5.75 Å². The second-order valence-corrected chi connectivity index (χ2v) is 4.01. The summed E-state index contributed by atoms with van der Waals surface area (Å²) in [6.45, 7) is 0. The number of carbonyl (C=O) groups excluding carboxylic acids is 2. The van der Waals surface area contributed by atoms with E-state index < -0.39 is 0 Å². The van der Waals surface area contributed by atoms with Gasteiger partial charge < -0.3 is 14.3 Å². The Labute approximate surface area is 133 Å². The molecule has 0 spiro atoms. The fraction of sp³-hybridized carbons (Fsp3) is 0.0625. The van der Waals surface area contributed by atoms with Crippen LogP contribution in [-0.4, -0.2) is 28.3 Å². The Morgan fingerprint density at radius 3 is 1.85 bits per heavy atom. The van der Waals surface area contributed by atoms with Crippen LogP contribution in [0.15, 0.2) is 54.6 Å². The van der Waals surface area contributed by atoms with Crippen molar-refractivity contribution < 1.29 is 36.7 Å². The Bertz CT molecular complexity index is 576. The average molecular weight is 348 g/mol. The summed E-state index contributed by atoms with van der Waals surface area (Å²) in [6, 6.07) is 16.0. The van der Waals surface area contributed by atoms with Gasteiger partial charge in [0.25, 0.3) is 11.6 Å². The summed E-state index contributed by atoms with van der Waals surface area (Å²) in [5.41, 5.74) is 1.27. The first-order valence-corrected chi connectivity index (χ1v) is 5.87. The molecule has 0 heterocycles. The smallest absolute Gasteiger partial charge is 0.497 e. The monoisotopic (exact) mass is 348 g/mol. The van der Waals surface area contributed by atoms with Gasteiger partial charge >= 0.3 is 22.4 Å². The number of hydrogen-bond acceptors (Lipinski definition) is 1. The molecule has 0 aliphatic heterocycles. The second-order valence-electron chi connectivity index (χ2n) is 4.01. The van der Waals surface area contributed by atoms with E-state index in [1.165, 1.54) is 6.42 Å². The fourth-order valence-corrected chi connectivity index (χ4v) is 1.67. The van der Waals surface area contributed by atoms with Crippen molar-refractivity contribution in [3.63, 3.8) is 0 Å². The van der Waals surface area contributed by atoms with Crippen molar-refractivity contribution >= 4 is 11.6 Å². The van der Waals surface area contributed by atoms with Crippen LogP contribution < -0.4 is 4.74 Å². The molecule has 0 saturated carbocycles. The first-order chi connectivity index (χ1) is 9.20. The second kappa shape index (κ2) is 7.70. The molecule has 0 amide bonds. The summed E-state index contributed by atoms with van der Waals surface area (Å²) in [5.74, 6) is 0.741. The molecule has 2 rings (SSSR count). The Morgan fingerprint density at radius 1 is 0.850 bits per heavy atom. The molecule has 96 valence electrons. The summed E-state index contributed by atoms with van der Waals surface area (Å²) in [7, 11) is 1.58. The number of rotatable bonds is 5. The van der Waals surface area contributed by atoms with E-state index in [1.54, 1.807) is 43.5 Å². The van der Waals surface area contributed by atoms with Crippen LogP contribution >= 0.6 is 0 Å². The third-order valence-electron chi connectivity index (χ3n) is 2.73. The van der Waals surface area contributed by atoms with Crippen LogP contribution in [0.3, 0.4) is 0 Å². The van der Waals surface area contributed by atoms with Crippen molar-refractivity contribution in [2.75, 3.05) is 7.11 Å². The molecule has 0 aliphatic rings. The molecule has 0 aromatic heterocycles. The zero-order valence-electron chi connectivity index (χ0n) is 11.0. The van der Waals surface area contributed by atoms with E-state index in [-0.39, 0.29) is 33.9 Å². The van der Waals surface area contributed by atoms with E-state index in [0.717, 1.165) is 0 Å². The summed E-state index contributed by atoms with van der Waals surface area (Å²) in [6.07, 6.45) is 1.33. The van der Waals surface area contributed by atoms with Crippen molar-refractivity contribution in [3.05, 3.63) is 72.1 Å². The van der Waals surface area contributed by atoms with Crippen LogP contribution in [0.4, 0.5) is 0 Å². The third-order valence-corrected chi connectivity index (χ3v) is 2.73. The summed E-state index contributed by atoms with van der Waals surface area (Å²) >= 11 is 0. The number of benzene rings is 2. The average Bonchev–Trinajstić information content (AvgIpc) is 2.48. The topological polar surface area (TPSA) is 52.0 Å².